The molecule has 2 rings (SSSR count). The summed E-state index contributed by atoms with van der Waals surface area (Å²) in [5.41, 5.74) is 3.67. The first-order valence-electron chi connectivity index (χ1n) is 6.82. The van der Waals surface area contributed by atoms with E-state index < -0.39 is 7.12 Å². The van der Waals surface area contributed by atoms with Crippen molar-refractivity contribution >= 4 is 18.3 Å². The third-order valence-electron chi connectivity index (χ3n) is 3.45. The second kappa shape index (κ2) is 6.65. The highest BCUT2D eigenvalue weighted by Gasteiger charge is 2.15. The van der Waals surface area contributed by atoms with Crippen LogP contribution in [0.2, 0.25) is 0 Å². The number of benzene rings is 2. The van der Waals surface area contributed by atoms with Gasteiger partial charge in [-0.05, 0) is 36.1 Å². The molecule has 4 nitrogen and oxygen atoms in total. The Morgan fingerprint density at radius 2 is 1.90 bits per heavy atom. The Hall–Kier alpha value is -1.98. The van der Waals surface area contributed by atoms with Gasteiger partial charge in [-0.1, -0.05) is 24.3 Å². The molecule has 0 saturated carbocycles. The lowest BCUT2D eigenvalue weighted by molar-refractivity contribution is 0.409. The smallest absolute Gasteiger partial charge is 0.488 e. The van der Waals surface area contributed by atoms with Crippen LogP contribution in [-0.4, -0.2) is 31.3 Å². The number of ether oxygens (including phenoxy) is 1. The number of anilines is 1. The number of aryl methyl sites for hydroxylation is 1. The molecule has 110 valence electrons. The molecule has 2 aromatic carbocycles. The summed E-state index contributed by atoms with van der Waals surface area (Å²) in [4.78, 5) is 2.10. The lowest BCUT2D eigenvalue weighted by atomic mass is 9.79. The summed E-state index contributed by atoms with van der Waals surface area (Å²) in [6.45, 7) is 2.67. The van der Waals surface area contributed by atoms with E-state index >= 15 is 0 Å². The highest BCUT2D eigenvalue weighted by molar-refractivity contribution is 6.58. The largest absolute Gasteiger partial charge is 0.496 e. The number of rotatable bonds is 5. The van der Waals surface area contributed by atoms with E-state index in [1.54, 1.807) is 25.3 Å². The van der Waals surface area contributed by atoms with Gasteiger partial charge in [-0.2, -0.15) is 0 Å². The molecule has 2 aromatic rings. The van der Waals surface area contributed by atoms with E-state index in [4.69, 9.17) is 4.74 Å². The Morgan fingerprint density at radius 3 is 2.52 bits per heavy atom. The van der Waals surface area contributed by atoms with Gasteiger partial charge >= 0.3 is 7.12 Å². The predicted molar refractivity (Wildman–Crippen MR) is 86.1 cm³/mol. The van der Waals surface area contributed by atoms with Gasteiger partial charge < -0.3 is 19.7 Å². The second-order valence-electron chi connectivity index (χ2n) is 5.14. The van der Waals surface area contributed by atoms with E-state index in [-0.39, 0.29) is 0 Å². The Labute approximate surface area is 125 Å². The molecule has 0 aliphatic carbocycles. The van der Waals surface area contributed by atoms with Crippen LogP contribution in [0.5, 0.6) is 5.75 Å². The summed E-state index contributed by atoms with van der Waals surface area (Å²) in [7, 11) is 2.13. The topological polar surface area (TPSA) is 52.9 Å². The zero-order chi connectivity index (χ0) is 15.4. The first-order valence-corrected chi connectivity index (χ1v) is 6.82. The Balaban J connectivity index is 2.27. The Bertz CT molecular complexity index is 616. The van der Waals surface area contributed by atoms with Crippen molar-refractivity contribution in [1.29, 1.82) is 0 Å². The first-order chi connectivity index (χ1) is 10.0. The van der Waals surface area contributed by atoms with Gasteiger partial charge in [0.2, 0.25) is 0 Å². The SMILES string of the molecule is COc1ccc(B(O)O)cc1CN(C)c1cccc(C)c1. The molecular formula is C16H20BNO3. The quantitative estimate of drug-likeness (QED) is 0.814. The van der Waals surface area contributed by atoms with E-state index in [0.717, 1.165) is 17.0 Å². The zero-order valence-electron chi connectivity index (χ0n) is 12.6. The molecule has 0 heterocycles. The number of methoxy groups -OCH3 is 1. The van der Waals surface area contributed by atoms with Crippen LogP contribution in [0.4, 0.5) is 5.69 Å². The molecule has 5 heteroatoms. The summed E-state index contributed by atoms with van der Waals surface area (Å²) < 4.78 is 5.35. The maximum absolute atomic E-state index is 9.30. The average Bonchev–Trinajstić information content (AvgIpc) is 2.47. The van der Waals surface area contributed by atoms with Crippen molar-refractivity contribution in [1.82, 2.24) is 0 Å². The van der Waals surface area contributed by atoms with Crippen LogP contribution in [0.3, 0.4) is 0 Å². The minimum Gasteiger partial charge on any atom is -0.496 e. The van der Waals surface area contributed by atoms with Crippen molar-refractivity contribution in [3.05, 3.63) is 53.6 Å². The van der Waals surface area contributed by atoms with Crippen LogP contribution in [0.25, 0.3) is 0 Å². The van der Waals surface area contributed by atoms with Crippen molar-refractivity contribution < 1.29 is 14.8 Å². The van der Waals surface area contributed by atoms with Crippen molar-refractivity contribution in [2.24, 2.45) is 0 Å². The third kappa shape index (κ3) is 3.77. The molecule has 0 radical (unpaired) electrons. The fourth-order valence-electron chi connectivity index (χ4n) is 2.29. The summed E-state index contributed by atoms with van der Waals surface area (Å²) in [6.07, 6.45) is 0. The van der Waals surface area contributed by atoms with Gasteiger partial charge in [0.1, 0.15) is 5.75 Å². The van der Waals surface area contributed by atoms with Crippen LogP contribution in [0.15, 0.2) is 42.5 Å². The molecule has 0 unspecified atom stereocenters. The normalized spacial score (nSPS) is 10.3. The van der Waals surface area contributed by atoms with Crippen LogP contribution in [0, 0.1) is 6.92 Å². The van der Waals surface area contributed by atoms with Crippen LogP contribution in [0.1, 0.15) is 11.1 Å². The van der Waals surface area contributed by atoms with Crippen molar-refractivity contribution in [2.45, 2.75) is 13.5 Å². The first kappa shape index (κ1) is 15.4. The summed E-state index contributed by atoms with van der Waals surface area (Å²) in [5, 5.41) is 18.6. The van der Waals surface area contributed by atoms with Gasteiger partial charge in [-0.3, -0.25) is 0 Å². The fraction of sp³-hybridized carbons (Fsp3) is 0.250. The van der Waals surface area contributed by atoms with Gasteiger partial charge in [0, 0.05) is 24.8 Å². The van der Waals surface area contributed by atoms with Gasteiger partial charge in [0.05, 0.1) is 7.11 Å². The van der Waals surface area contributed by atoms with Gasteiger partial charge in [0.15, 0.2) is 0 Å². The molecule has 0 bridgehead atoms. The second-order valence-corrected chi connectivity index (χ2v) is 5.14. The monoisotopic (exact) mass is 285 g/mol. The van der Waals surface area contributed by atoms with E-state index in [2.05, 4.69) is 24.0 Å². The summed E-state index contributed by atoms with van der Waals surface area (Å²) >= 11 is 0. The van der Waals surface area contributed by atoms with Crippen molar-refractivity contribution in [2.75, 3.05) is 19.1 Å². The Kier molecular flexibility index (Phi) is 4.88. The number of nitrogens with zero attached hydrogens (tertiary/aromatic N) is 1. The molecule has 0 fully saturated rings. The summed E-state index contributed by atoms with van der Waals surface area (Å²) in [6, 6.07) is 13.4. The Morgan fingerprint density at radius 1 is 1.14 bits per heavy atom. The lowest BCUT2D eigenvalue weighted by Gasteiger charge is -2.21. The number of hydrogen-bond acceptors (Lipinski definition) is 4. The van der Waals surface area contributed by atoms with Crippen LogP contribution >= 0.6 is 0 Å². The molecule has 0 atom stereocenters. The fourth-order valence-corrected chi connectivity index (χ4v) is 2.29. The highest BCUT2D eigenvalue weighted by atomic mass is 16.5. The molecular weight excluding hydrogens is 265 g/mol. The molecule has 21 heavy (non-hydrogen) atoms. The molecule has 0 amide bonds. The molecule has 0 spiro atoms. The van der Waals surface area contributed by atoms with Crippen LogP contribution < -0.4 is 15.1 Å². The molecule has 0 saturated heterocycles. The van der Waals surface area contributed by atoms with E-state index in [0.29, 0.717) is 12.0 Å². The minimum absolute atomic E-state index is 0.462. The highest BCUT2D eigenvalue weighted by Crippen LogP contribution is 2.22. The minimum atomic E-state index is -1.47. The molecule has 0 aliphatic rings. The predicted octanol–water partition coefficient (Wildman–Crippen LogP) is 1.32. The van der Waals surface area contributed by atoms with Crippen molar-refractivity contribution in [3.8, 4) is 5.75 Å². The molecule has 0 aliphatic heterocycles. The maximum Gasteiger partial charge on any atom is 0.488 e. The molecule has 0 aromatic heterocycles. The summed E-state index contributed by atoms with van der Waals surface area (Å²) in [5.74, 6) is 0.735. The number of hydrogen-bond donors (Lipinski definition) is 2. The van der Waals surface area contributed by atoms with Crippen LogP contribution in [-0.2, 0) is 6.54 Å². The van der Waals surface area contributed by atoms with Gasteiger partial charge in [-0.15, -0.1) is 0 Å². The maximum atomic E-state index is 9.30. The third-order valence-corrected chi connectivity index (χ3v) is 3.45. The van der Waals surface area contributed by atoms with E-state index in [1.807, 2.05) is 19.2 Å². The average molecular weight is 285 g/mol. The van der Waals surface area contributed by atoms with E-state index in [1.165, 1.54) is 5.56 Å². The van der Waals surface area contributed by atoms with Gasteiger partial charge in [-0.25, -0.2) is 0 Å². The zero-order valence-corrected chi connectivity index (χ0v) is 12.6. The van der Waals surface area contributed by atoms with Crippen molar-refractivity contribution in [3.63, 3.8) is 0 Å². The lowest BCUT2D eigenvalue weighted by Crippen LogP contribution is -2.30. The molecule has 2 N–H and O–H groups in total. The van der Waals surface area contributed by atoms with Gasteiger partial charge in [0.25, 0.3) is 0 Å². The van der Waals surface area contributed by atoms with E-state index in [9.17, 15) is 10.0 Å². The standard InChI is InChI=1S/C16H20BNO3/c1-12-5-4-6-15(9-12)18(2)11-13-10-14(17(19)20)7-8-16(13)21-3/h4-10,19-20H,11H2,1-3H3.